The molecule has 4 rings (SSSR count). The molecule has 1 aromatic carbocycles. The maximum Gasteiger partial charge on any atom is 0.416 e. The first kappa shape index (κ1) is 20.4. The van der Waals surface area contributed by atoms with Gasteiger partial charge in [-0.15, -0.1) is 0 Å². The van der Waals surface area contributed by atoms with Crippen LogP contribution in [0.1, 0.15) is 24.8 Å². The second-order valence-corrected chi connectivity index (χ2v) is 7.93. The van der Waals surface area contributed by atoms with E-state index < -0.39 is 36.8 Å². The highest BCUT2D eigenvalue weighted by Gasteiger charge is 2.61. The number of esters is 1. The van der Waals surface area contributed by atoms with E-state index in [4.69, 9.17) is 4.74 Å². The SMILES string of the molecule is O=C(COC(=O)CN1C(=O)[C@@H]2[C@H]3CC[C@@H](C3)[C@@H]2C1=O)Nc1cccc(C(F)(F)F)c1. The Morgan fingerprint density at radius 2 is 1.73 bits per heavy atom. The van der Waals surface area contributed by atoms with Gasteiger partial charge in [0.1, 0.15) is 6.54 Å². The Morgan fingerprint density at radius 1 is 1.10 bits per heavy atom. The van der Waals surface area contributed by atoms with Gasteiger partial charge in [-0.1, -0.05) is 6.07 Å². The first-order valence-electron chi connectivity index (χ1n) is 9.63. The van der Waals surface area contributed by atoms with Crippen molar-refractivity contribution in [2.24, 2.45) is 23.7 Å². The molecular weight excluding hydrogens is 405 g/mol. The van der Waals surface area contributed by atoms with Crippen molar-refractivity contribution < 1.29 is 37.1 Å². The van der Waals surface area contributed by atoms with Crippen LogP contribution < -0.4 is 5.32 Å². The van der Waals surface area contributed by atoms with Crippen molar-refractivity contribution in [2.45, 2.75) is 25.4 Å². The molecule has 0 spiro atoms. The van der Waals surface area contributed by atoms with Crippen molar-refractivity contribution >= 4 is 29.4 Å². The molecule has 1 saturated heterocycles. The number of alkyl halides is 3. The normalized spacial score (nSPS) is 27.4. The number of anilines is 1. The lowest BCUT2D eigenvalue weighted by molar-refractivity contribution is -0.154. The van der Waals surface area contributed by atoms with Crippen LogP contribution in [0.25, 0.3) is 0 Å². The molecule has 0 unspecified atom stereocenters. The minimum absolute atomic E-state index is 0.0981. The zero-order valence-corrected chi connectivity index (χ0v) is 15.8. The summed E-state index contributed by atoms with van der Waals surface area (Å²) in [7, 11) is 0. The molecule has 3 aliphatic rings. The van der Waals surface area contributed by atoms with Gasteiger partial charge >= 0.3 is 12.1 Å². The molecule has 4 atom stereocenters. The number of imide groups is 1. The van der Waals surface area contributed by atoms with Gasteiger partial charge in [-0.05, 0) is 49.3 Å². The number of nitrogens with one attached hydrogen (secondary N) is 1. The summed E-state index contributed by atoms with van der Waals surface area (Å²) in [6.07, 6.45) is -1.85. The lowest BCUT2D eigenvalue weighted by atomic mass is 9.81. The molecule has 2 saturated carbocycles. The van der Waals surface area contributed by atoms with Crippen molar-refractivity contribution in [3.05, 3.63) is 29.8 Å². The van der Waals surface area contributed by atoms with Crippen molar-refractivity contribution in [3.8, 4) is 0 Å². The van der Waals surface area contributed by atoms with Gasteiger partial charge < -0.3 is 10.1 Å². The lowest BCUT2D eigenvalue weighted by Gasteiger charge is -2.19. The van der Waals surface area contributed by atoms with Crippen molar-refractivity contribution in [1.29, 1.82) is 0 Å². The van der Waals surface area contributed by atoms with Crippen LogP contribution in [-0.2, 0) is 30.1 Å². The maximum atomic E-state index is 12.7. The van der Waals surface area contributed by atoms with Gasteiger partial charge in [0.2, 0.25) is 11.8 Å². The molecule has 0 aromatic heterocycles. The maximum absolute atomic E-state index is 12.7. The number of carbonyl (C=O) groups is 4. The Balaban J connectivity index is 1.29. The minimum Gasteiger partial charge on any atom is -0.454 e. The average Bonchev–Trinajstić information content (AvgIpc) is 3.36. The third kappa shape index (κ3) is 3.66. The highest BCUT2D eigenvalue weighted by Crippen LogP contribution is 2.56. The van der Waals surface area contributed by atoms with Crippen LogP contribution in [0.2, 0.25) is 0 Å². The van der Waals surface area contributed by atoms with Gasteiger partial charge in [0.05, 0.1) is 17.4 Å². The third-order valence-electron chi connectivity index (χ3n) is 6.14. The highest BCUT2D eigenvalue weighted by atomic mass is 19.4. The molecule has 160 valence electrons. The van der Waals surface area contributed by atoms with E-state index in [9.17, 15) is 32.3 Å². The Morgan fingerprint density at radius 3 is 2.33 bits per heavy atom. The molecule has 2 aliphatic carbocycles. The third-order valence-corrected chi connectivity index (χ3v) is 6.14. The summed E-state index contributed by atoms with van der Waals surface area (Å²) < 4.78 is 42.9. The summed E-state index contributed by atoms with van der Waals surface area (Å²) in [4.78, 5) is 49.9. The topological polar surface area (TPSA) is 92.8 Å². The second kappa shape index (κ2) is 7.41. The molecule has 1 aromatic rings. The van der Waals surface area contributed by atoms with E-state index in [-0.39, 0.29) is 41.2 Å². The quantitative estimate of drug-likeness (QED) is 0.578. The number of halogens is 3. The van der Waals surface area contributed by atoms with Gasteiger partial charge in [0, 0.05) is 5.69 Å². The van der Waals surface area contributed by atoms with Crippen molar-refractivity contribution in [2.75, 3.05) is 18.5 Å². The molecule has 1 N–H and O–H groups in total. The second-order valence-electron chi connectivity index (χ2n) is 7.93. The molecule has 7 nitrogen and oxygen atoms in total. The number of ether oxygens (including phenoxy) is 1. The van der Waals surface area contributed by atoms with Crippen LogP contribution in [0, 0.1) is 23.7 Å². The van der Waals surface area contributed by atoms with Gasteiger partial charge in [0.25, 0.3) is 5.91 Å². The summed E-state index contributed by atoms with van der Waals surface area (Å²) in [5, 5.41) is 2.21. The van der Waals surface area contributed by atoms with E-state index in [0.29, 0.717) is 0 Å². The number of likely N-dealkylation sites (tertiary alicyclic amines) is 1. The molecule has 1 aliphatic heterocycles. The van der Waals surface area contributed by atoms with Gasteiger partial charge in [-0.25, -0.2) is 0 Å². The Hall–Kier alpha value is -2.91. The predicted molar refractivity (Wildman–Crippen MR) is 95.6 cm³/mol. The fourth-order valence-corrected chi connectivity index (χ4v) is 4.92. The summed E-state index contributed by atoms with van der Waals surface area (Å²) in [5.74, 6) is -2.81. The van der Waals surface area contributed by atoms with Crippen LogP contribution in [0.15, 0.2) is 24.3 Å². The van der Waals surface area contributed by atoms with Crippen molar-refractivity contribution in [1.82, 2.24) is 4.90 Å². The minimum atomic E-state index is -4.56. The Kier molecular flexibility index (Phi) is 5.03. The largest absolute Gasteiger partial charge is 0.454 e. The molecule has 0 radical (unpaired) electrons. The molecule has 30 heavy (non-hydrogen) atoms. The molecular formula is C20H19F3N2O5. The molecule has 1 heterocycles. The van der Waals surface area contributed by atoms with Crippen LogP contribution >= 0.6 is 0 Å². The average molecular weight is 424 g/mol. The number of amides is 3. The van der Waals surface area contributed by atoms with E-state index in [1.165, 1.54) is 6.07 Å². The summed E-state index contributed by atoms with van der Waals surface area (Å²) in [6, 6.07) is 4.03. The first-order chi connectivity index (χ1) is 14.1. The standard InChI is InChI=1S/C20H19F3N2O5/c21-20(22,23)12-2-1-3-13(7-12)24-14(26)9-30-15(27)8-25-18(28)16-10-4-5-11(6-10)17(16)19(25)29/h1-3,7,10-11,16-17H,4-6,8-9H2,(H,24,26)/t10-,11-,16-,17+/m0/s1. The first-order valence-corrected chi connectivity index (χ1v) is 9.63. The number of hydrogen-bond acceptors (Lipinski definition) is 5. The highest BCUT2D eigenvalue weighted by molar-refractivity contribution is 6.07. The Bertz CT molecular complexity index is 888. The molecule has 3 fully saturated rings. The fourth-order valence-electron chi connectivity index (χ4n) is 4.92. The van der Waals surface area contributed by atoms with Gasteiger partial charge in [0.15, 0.2) is 6.61 Å². The lowest BCUT2D eigenvalue weighted by Crippen LogP contribution is -2.38. The monoisotopic (exact) mass is 424 g/mol. The van der Waals surface area contributed by atoms with Crippen LogP contribution in [-0.4, -0.2) is 41.7 Å². The summed E-state index contributed by atoms with van der Waals surface area (Å²) >= 11 is 0. The number of benzene rings is 1. The molecule has 2 bridgehead atoms. The summed E-state index contributed by atoms with van der Waals surface area (Å²) in [5.41, 5.74) is -1.03. The zero-order valence-electron chi connectivity index (χ0n) is 15.8. The van der Waals surface area contributed by atoms with E-state index in [2.05, 4.69) is 5.32 Å². The Labute approximate surface area is 169 Å². The number of nitrogens with zero attached hydrogens (tertiary/aromatic N) is 1. The number of hydrogen-bond donors (Lipinski definition) is 1. The molecule has 10 heteroatoms. The molecule has 3 amide bonds. The van der Waals surface area contributed by atoms with Gasteiger partial charge in [-0.2, -0.15) is 13.2 Å². The number of rotatable bonds is 5. The smallest absolute Gasteiger partial charge is 0.416 e. The predicted octanol–water partition coefficient (Wildman–Crippen LogP) is 2.22. The van der Waals surface area contributed by atoms with E-state index >= 15 is 0 Å². The number of fused-ring (bicyclic) bond motifs is 5. The van der Waals surface area contributed by atoms with Crippen LogP contribution in [0.3, 0.4) is 0 Å². The zero-order chi connectivity index (χ0) is 21.6. The van der Waals surface area contributed by atoms with Gasteiger partial charge in [-0.3, -0.25) is 24.1 Å². The van der Waals surface area contributed by atoms with E-state index in [1.807, 2.05) is 0 Å². The fraction of sp³-hybridized carbons (Fsp3) is 0.500. The number of carbonyl (C=O) groups excluding carboxylic acids is 4. The van der Waals surface area contributed by atoms with Crippen LogP contribution in [0.5, 0.6) is 0 Å². The van der Waals surface area contributed by atoms with E-state index in [1.54, 1.807) is 0 Å². The van der Waals surface area contributed by atoms with E-state index in [0.717, 1.165) is 42.4 Å². The van der Waals surface area contributed by atoms with Crippen molar-refractivity contribution in [3.63, 3.8) is 0 Å². The van der Waals surface area contributed by atoms with Crippen LogP contribution in [0.4, 0.5) is 18.9 Å². The summed E-state index contributed by atoms with van der Waals surface area (Å²) in [6.45, 7) is -1.32.